The molecule has 2 aliphatic heterocycles. The Morgan fingerprint density at radius 1 is 1.40 bits per heavy atom. The molecule has 0 spiro atoms. The van der Waals surface area contributed by atoms with Gasteiger partial charge >= 0.3 is 0 Å². The molecule has 110 valence electrons. The third kappa shape index (κ3) is 2.58. The van der Waals surface area contributed by atoms with Gasteiger partial charge in [-0.1, -0.05) is 6.92 Å². The Bertz CT molecular complexity index is 465. The average molecular weight is 277 g/mol. The van der Waals surface area contributed by atoms with Crippen LogP contribution in [0.3, 0.4) is 0 Å². The molecular weight excluding hydrogens is 254 g/mol. The second kappa shape index (κ2) is 5.54. The molecule has 1 aromatic rings. The van der Waals surface area contributed by atoms with Crippen molar-refractivity contribution in [2.75, 3.05) is 50.1 Å². The molecule has 20 heavy (non-hydrogen) atoms. The number of morpholine rings is 1. The molecule has 2 fully saturated rings. The lowest BCUT2D eigenvalue weighted by Gasteiger charge is -2.25. The summed E-state index contributed by atoms with van der Waals surface area (Å²) in [5.74, 6) is 1.79. The van der Waals surface area contributed by atoms with Crippen LogP contribution in [-0.4, -0.2) is 62.5 Å². The Balaban J connectivity index is 1.84. The third-order valence-electron chi connectivity index (χ3n) is 3.95. The number of hydrogen-bond acceptors (Lipinski definition) is 6. The normalized spacial score (nSPS) is 25.6. The van der Waals surface area contributed by atoms with Gasteiger partial charge in [-0.15, -0.1) is 0 Å². The number of aryl methyl sites for hydroxylation is 1. The molecule has 2 saturated heterocycles. The molecule has 3 heterocycles. The summed E-state index contributed by atoms with van der Waals surface area (Å²) in [7, 11) is 3.96. The van der Waals surface area contributed by atoms with Gasteiger partial charge in [0.15, 0.2) is 0 Å². The lowest BCUT2D eigenvalue weighted by molar-refractivity contribution is 0.0212. The highest BCUT2D eigenvalue weighted by Crippen LogP contribution is 2.24. The van der Waals surface area contributed by atoms with Crippen LogP contribution in [0, 0.1) is 0 Å². The van der Waals surface area contributed by atoms with Crippen molar-refractivity contribution in [1.29, 1.82) is 0 Å². The standard InChI is InChI=1S/C14H23N5O/c1-4-10-7-13(17-14(16-10)18(2)3)19-8-11-12(9-19)20-6-5-15-11/h7,11-12,15H,4-6,8-9H2,1-3H3/t11-,12-/m0/s1. The Labute approximate surface area is 120 Å². The van der Waals surface area contributed by atoms with Gasteiger partial charge in [0.2, 0.25) is 5.95 Å². The molecule has 0 radical (unpaired) electrons. The van der Waals surface area contributed by atoms with Crippen molar-refractivity contribution in [3.63, 3.8) is 0 Å². The molecule has 0 amide bonds. The summed E-state index contributed by atoms with van der Waals surface area (Å²) in [5, 5.41) is 3.53. The quantitative estimate of drug-likeness (QED) is 0.856. The summed E-state index contributed by atoms with van der Waals surface area (Å²) in [6, 6.07) is 2.52. The summed E-state index contributed by atoms with van der Waals surface area (Å²) in [6.07, 6.45) is 1.21. The second-order valence-electron chi connectivity index (χ2n) is 5.64. The van der Waals surface area contributed by atoms with Gasteiger partial charge in [0, 0.05) is 45.5 Å². The molecule has 1 N–H and O–H groups in total. The number of nitrogens with zero attached hydrogens (tertiary/aromatic N) is 4. The van der Waals surface area contributed by atoms with Gasteiger partial charge in [-0.2, -0.15) is 4.98 Å². The van der Waals surface area contributed by atoms with E-state index in [1.54, 1.807) is 0 Å². The fraction of sp³-hybridized carbons (Fsp3) is 0.714. The van der Waals surface area contributed by atoms with Gasteiger partial charge in [0.25, 0.3) is 0 Å². The Kier molecular flexibility index (Phi) is 3.76. The summed E-state index contributed by atoms with van der Waals surface area (Å²) >= 11 is 0. The van der Waals surface area contributed by atoms with Crippen LogP contribution in [0.4, 0.5) is 11.8 Å². The van der Waals surface area contributed by atoms with Gasteiger partial charge in [0.05, 0.1) is 18.8 Å². The van der Waals surface area contributed by atoms with Crippen LogP contribution < -0.4 is 15.1 Å². The van der Waals surface area contributed by atoms with Crippen LogP contribution >= 0.6 is 0 Å². The van der Waals surface area contributed by atoms with Crippen LogP contribution in [0.15, 0.2) is 6.07 Å². The highest BCUT2D eigenvalue weighted by atomic mass is 16.5. The van der Waals surface area contributed by atoms with Crippen molar-refractivity contribution in [2.24, 2.45) is 0 Å². The highest BCUT2D eigenvalue weighted by Gasteiger charge is 2.36. The van der Waals surface area contributed by atoms with Crippen molar-refractivity contribution >= 4 is 11.8 Å². The topological polar surface area (TPSA) is 53.5 Å². The summed E-state index contributed by atoms with van der Waals surface area (Å²) in [5.41, 5.74) is 1.09. The van der Waals surface area contributed by atoms with Crippen LogP contribution in [0.25, 0.3) is 0 Å². The minimum absolute atomic E-state index is 0.284. The van der Waals surface area contributed by atoms with E-state index in [2.05, 4.69) is 33.2 Å². The summed E-state index contributed by atoms with van der Waals surface area (Å²) in [4.78, 5) is 13.5. The molecule has 3 rings (SSSR count). The van der Waals surface area contributed by atoms with E-state index in [-0.39, 0.29) is 6.10 Å². The molecule has 6 nitrogen and oxygen atoms in total. The molecule has 0 unspecified atom stereocenters. The Hall–Kier alpha value is -1.40. The first-order valence-corrected chi connectivity index (χ1v) is 7.32. The fourth-order valence-electron chi connectivity index (χ4n) is 2.79. The minimum atomic E-state index is 0.284. The Morgan fingerprint density at radius 3 is 2.95 bits per heavy atom. The monoisotopic (exact) mass is 277 g/mol. The van der Waals surface area contributed by atoms with E-state index in [0.29, 0.717) is 6.04 Å². The van der Waals surface area contributed by atoms with Crippen molar-refractivity contribution < 1.29 is 4.74 Å². The predicted octanol–water partition coefficient (Wildman–Crippen LogP) is 0.282. The maximum Gasteiger partial charge on any atom is 0.227 e. The van der Waals surface area contributed by atoms with Crippen molar-refractivity contribution in [1.82, 2.24) is 15.3 Å². The molecule has 0 aliphatic carbocycles. The second-order valence-corrected chi connectivity index (χ2v) is 5.64. The first-order chi connectivity index (χ1) is 9.67. The number of aromatic nitrogens is 2. The minimum Gasteiger partial charge on any atom is -0.373 e. The molecule has 2 atom stereocenters. The van der Waals surface area contributed by atoms with Crippen molar-refractivity contribution in [3.05, 3.63) is 11.8 Å². The van der Waals surface area contributed by atoms with Crippen LogP contribution in [-0.2, 0) is 11.2 Å². The zero-order valence-corrected chi connectivity index (χ0v) is 12.5. The average Bonchev–Trinajstić information content (AvgIpc) is 2.90. The maximum atomic E-state index is 5.83. The van der Waals surface area contributed by atoms with Crippen molar-refractivity contribution in [3.8, 4) is 0 Å². The van der Waals surface area contributed by atoms with E-state index in [9.17, 15) is 0 Å². The van der Waals surface area contributed by atoms with E-state index >= 15 is 0 Å². The number of hydrogen-bond donors (Lipinski definition) is 1. The van der Waals surface area contributed by atoms with Gasteiger partial charge in [-0.05, 0) is 6.42 Å². The molecule has 0 bridgehead atoms. The Morgan fingerprint density at radius 2 is 2.25 bits per heavy atom. The summed E-state index contributed by atoms with van der Waals surface area (Å²) < 4.78 is 5.83. The number of rotatable bonds is 3. The number of ether oxygens (including phenoxy) is 1. The lowest BCUT2D eigenvalue weighted by Crippen LogP contribution is -2.47. The van der Waals surface area contributed by atoms with E-state index < -0.39 is 0 Å². The zero-order chi connectivity index (χ0) is 14.1. The van der Waals surface area contributed by atoms with Crippen LogP contribution in [0.1, 0.15) is 12.6 Å². The van der Waals surface area contributed by atoms with E-state index in [0.717, 1.165) is 50.1 Å². The zero-order valence-electron chi connectivity index (χ0n) is 12.5. The van der Waals surface area contributed by atoms with Gasteiger partial charge in [-0.25, -0.2) is 4.98 Å². The smallest absolute Gasteiger partial charge is 0.227 e. The highest BCUT2D eigenvalue weighted by molar-refractivity contribution is 5.47. The molecule has 2 aliphatic rings. The van der Waals surface area contributed by atoms with E-state index in [1.165, 1.54) is 0 Å². The fourth-order valence-corrected chi connectivity index (χ4v) is 2.79. The largest absolute Gasteiger partial charge is 0.373 e. The molecule has 0 aromatic carbocycles. The predicted molar refractivity (Wildman–Crippen MR) is 79.5 cm³/mol. The first-order valence-electron chi connectivity index (χ1n) is 7.32. The third-order valence-corrected chi connectivity index (χ3v) is 3.95. The number of anilines is 2. The van der Waals surface area contributed by atoms with Gasteiger partial charge in [0.1, 0.15) is 5.82 Å². The van der Waals surface area contributed by atoms with E-state index in [4.69, 9.17) is 4.74 Å². The SMILES string of the molecule is CCc1cc(N2C[C@@H]3NCCO[C@H]3C2)nc(N(C)C)n1. The number of nitrogens with one attached hydrogen (secondary N) is 1. The van der Waals surface area contributed by atoms with Crippen LogP contribution in [0.5, 0.6) is 0 Å². The number of fused-ring (bicyclic) bond motifs is 1. The van der Waals surface area contributed by atoms with E-state index in [1.807, 2.05) is 19.0 Å². The van der Waals surface area contributed by atoms with Gasteiger partial charge < -0.3 is 19.9 Å². The summed E-state index contributed by atoms with van der Waals surface area (Å²) in [6.45, 7) is 5.74. The maximum absolute atomic E-state index is 5.83. The molecule has 6 heteroatoms. The molecule has 1 aromatic heterocycles. The lowest BCUT2D eigenvalue weighted by atomic mass is 10.2. The first kappa shape index (κ1) is 13.6. The van der Waals surface area contributed by atoms with Crippen molar-refractivity contribution in [2.45, 2.75) is 25.5 Å². The molecular formula is C14H23N5O. The van der Waals surface area contributed by atoms with Crippen LogP contribution in [0.2, 0.25) is 0 Å². The van der Waals surface area contributed by atoms with Gasteiger partial charge in [-0.3, -0.25) is 0 Å². The molecule has 0 saturated carbocycles.